The number of methoxy groups -OCH3 is 1. The first-order chi connectivity index (χ1) is 14.1. The van der Waals surface area contributed by atoms with Gasteiger partial charge in [0.25, 0.3) is 0 Å². The van der Waals surface area contributed by atoms with Crippen LogP contribution in [0.3, 0.4) is 0 Å². The fraction of sp³-hybridized carbons (Fsp3) is 0.263. The number of ether oxygens (including phenoxy) is 1. The molecule has 29 heavy (non-hydrogen) atoms. The second kappa shape index (κ2) is 8.50. The molecule has 0 spiro atoms. The highest BCUT2D eigenvalue weighted by Crippen LogP contribution is 2.27. The number of benzene rings is 1. The van der Waals surface area contributed by atoms with Gasteiger partial charge in [-0.2, -0.15) is 4.98 Å². The average Bonchev–Trinajstić information content (AvgIpc) is 3.45. The summed E-state index contributed by atoms with van der Waals surface area (Å²) in [6, 6.07) is 11.4. The van der Waals surface area contributed by atoms with E-state index < -0.39 is 0 Å². The van der Waals surface area contributed by atoms with Crippen LogP contribution in [-0.4, -0.2) is 44.0 Å². The van der Waals surface area contributed by atoms with E-state index in [1.165, 1.54) is 11.8 Å². The maximum Gasteiger partial charge on any atom is 0.241 e. The molecule has 0 radical (unpaired) electrons. The predicted octanol–water partition coefficient (Wildman–Crippen LogP) is 3.25. The Morgan fingerprint density at radius 1 is 1.14 bits per heavy atom. The van der Waals surface area contributed by atoms with Crippen LogP contribution in [0, 0.1) is 0 Å². The van der Waals surface area contributed by atoms with Crippen LogP contribution in [0.5, 0.6) is 5.75 Å². The minimum Gasteiger partial charge on any atom is -0.497 e. The standard InChI is InChI=1S/C19H20N6O3S/c1-24(10-15-8-9-17(27-15)29-19-22-20-12-25(19)2)11-16-21-18(23-28-16)13-4-6-14(26-3)7-5-13/h4-9,12H,10-11H2,1-3H3. The number of aromatic nitrogens is 5. The summed E-state index contributed by atoms with van der Waals surface area (Å²) < 4.78 is 18.3. The van der Waals surface area contributed by atoms with Gasteiger partial charge < -0.3 is 18.2 Å². The molecule has 0 bridgehead atoms. The Hall–Kier alpha value is -3.11. The number of nitrogens with zero attached hydrogens (tertiary/aromatic N) is 6. The summed E-state index contributed by atoms with van der Waals surface area (Å²) in [5.41, 5.74) is 0.875. The molecule has 0 aliphatic rings. The van der Waals surface area contributed by atoms with Gasteiger partial charge in [0.15, 0.2) is 10.2 Å². The lowest BCUT2D eigenvalue weighted by Crippen LogP contribution is -2.17. The molecule has 0 fully saturated rings. The van der Waals surface area contributed by atoms with Gasteiger partial charge in [0.2, 0.25) is 11.7 Å². The minimum absolute atomic E-state index is 0.510. The van der Waals surface area contributed by atoms with E-state index in [9.17, 15) is 0 Å². The van der Waals surface area contributed by atoms with Crippen molar-refractivity contribution in [1.29, 1.82) is 0 Å². The van der Waals surface area contributed by atoms with Gasteiger partial charge in [-0.1, -0.05) is 5.16 Å². The van der Waals surface area contributed by atoms with Crippen LogP contribution in [-0.2, 0) is 20.1 Å². The molecular weight excluding hydrogens is 392 g/mol. The van der Waals surface area contributed by atoms with Crippen LogP contribution in [0.1, 0.15) is 11.7 Å². The molecule has 0 amide bonds. The fourth-order valence-electron chi connectivity index (χ4n) is 2.68. The third-order valence-corrected chi connectivity index (χ3v) is 5.12. The van der Waals surface area contributed by atoms with Gasteiger partial charge in [-0.25, -0.2) is 0 Å². The van der Waals surface area contributed by atoms with Crippen molar-refractivity contribution in [2.45, 2.75) is 23.3 Å². The first kappa shape index (κ1) is 19.2. The molecule has 4 rings (SSSR count). The first-order valence-electron chi connectivity index (χ1n) is 8.87. The monoisotopic (exact) mass is 412 g/mol. The summed E-state index contributed by atoms with van der Waals surface area (Å²) >= 11 is 1.43. The summed E-state index contributed by atoms with van der Waals surface area (Å²) in [5.74, 6) is 2.72. The molecule has 10 heteroatoms. The van der Waals surface area contributed by atoms with Gasteiger partial charge >= 0.3 is 0 Å². The Balaban J connectivity index is 1.34. The van der Waals surface area contributed by atoms with E-state index in [1.54, 1.807) is 13.4 Å². The third kappa shape index (κ3) is 4.66. The quantitative estimate of drug-likeness (QED) is 0.432. The van der Waals surface area contributed by atoms with Crippen molar-refractivity contribution in [2.75, 3.05) is 14.2 Å². The number of aryl methyl sites for hydroxylation is 1. The van der Waals surface area contributed by atoms with Crippen LogP contribution in [0.2, 0.25) is 0 Å². The van der Waals surface area contributed by atoms with Crippen molar-refractivity contribution < 1.29 is 13.7 Å². The summed E-state index contributed by atoms with van der Waals surface area (Å²) in [5, 5.41) is 13.5. The maximum atomic E-state index is 5.88. The lowest BCUT2D eigenvalue weighted by Gasteiger charge is -2.11. The third-order valence-electron chi connectivity index (χ3n) is 4.15. The molecule has 1 aromatic carbocycles. The van der Waals surface area contributed by atoms with Crippen molar-refractivity contribution in [3.05, 3.63) is 54.4 Å². The topological polar surface area (TPSA) is 95.2 Å². The molecule has 0 aliphatic carbocycles. The Kier molecular flexibility index (Phi) is 5.63. The SMILES string of the molecule is COc1ccc(-c2noc(CN(C)Cc3ccc(Sc4nncn4C)o3)n2)cc1. The molecule has 0 N–H and O–H groups in total. The summed E-state index contributed by atoms with van der Waals surface area (Å²) in [4.78, 5) is 6.51. The second-order valence-electron chi connectivity index (χ2n) is 6.46. The Bertz CT molecular complexity index is 1070. The Labute approximate surface area is 171 Å². The van der Waals surface area contributed by atoms with Gasteiger partial charge in [0.05, 0.1) is 20.2 Å². The van der Waals surface area contributed by atoms with Crippen LogP contribution in [0.4, 0.5) is 0 Å². The molecular formula is C19H20N6O3S. The maximum absolute atomic E-state index is 5.88. The van der Waals surface area contributed by atoms with E-state index in [2.05, 4.69) is 20.3 Å². The molecule has 9 nitrogen and oxygen atoms in total. The van der Waals surface area contributed by atoms with Crippen molar-refractivity contribution in [2.24, 2.45) is 7.05 Å². The minimum atomic E-state index is 0.510. The second-order valence-corrected chi connectivity index (χ2v) is 7.43. The van der Waals surface area contributed by atoms with Crippen LogP contribution in [0.25, 0.3) is 11.4 Å². The summed E-state index contributed by atoms with van der Waals surface area (Å²) in [7, 11) is 5.49. The van der Waals surface area contributed by atoms with Gasteiger partial charge in [0, 0.05) is 12.6 Å². The lowest BCUT2D eigenvalue weighted by atomic mass is 10.2. The summed E-state index contributed by atoms with van der Waals surface area (Å²) in [6.07, 6.45) is 1.66. The molecule has 4 aromatic rings. The van der Waals surface area contributed by atoms with Crippen molar-refractivity contribution in [3.63, 3.8) is 0 Å². The van der Waals surface area contributed by atoms with Crippen molar-refractivity contribution in [1.82, 2.24) is 29.8 Å². The molecule has 0 saturated heterocycles. The molecule has 0 aliphatic heterocycles. The zero-order valence-electron chi connectivity index (χ0n) is 16.3. The molecule has 150 valence electrons. The van der Waals surface area contributed by atoms with Crippen LogP contribution >= 0.6 is 11.8 Å². The molecule has 0 saturated carbocycles. The van der Waals surface area contributed by atoms with Gasteiger partial charge in [-0.15, -0.1) is 10.2 Å². The Morgan fingerprint density at radius 3 is 2.69 bits per heavy atom. The van der Waals surface area contributed by atoms with E-state index in [0.717, 1.165) is 27.3 Å². The van der Waals surface area contributed by atoms with Crippen LogP contribution in [0.15, 0.2) is 61.9 Å². The highest BCUT2D eigenvalue weighted by Gasteiger charge is 2.14. The van der Waals surface area contributed by atoms with Gasteiger partial charge in [0.1, 0.15) is 17.8 Å². The number of furan rings is 1. The number of hydrogen-bond donors (Lipinski definition) is 0. The normalized spacial score (nSPS) is 11.3. The van der Waals surface area contributed by atoms with Crippen molar-refractivity contribution >= 4 is 11.8 Å². The van der Waals surface area contributed by atoms with E-state index in [4.69, 9.17) is 13.7 Å². The van der Waals surface area contributed by atoms with Gasteiger partial charge in [-0.05, 0) is 55.2 Å². The van der Waals surface area contributed by atoms with E-state index in [-0.39, 0.29) is 0 Å². The fourth-order valence-corrected chi connectivity index (χ4v) is 3.43. The average molecular weight is 412 g/mol. The highest BCUT2D eigenvalue weighted by molar-refractivity contribution is 7.99. The molecule has 0 atom stereocenters. The summed E-state index contributed by atoms with van der Waals surface area (Å²) in [6.45, 7) is 1.12. The zero-order valence-corrected chi connectivity index (χ0v) is 17.1. The number of rotatable bonds is 8. The van der Waals surface area contributed by atoms with E-state index in [1.807, 2.05) is 60.0 Å². The Morgan fingerprint density at radius 2 is 1.97 bits per heavy atom. The molecule has 3 aromatic heterocycles. The largest absolute Gasteiger partial charge is 0.497 e. The highest BCUT2D eigenvalue weighted by atomic mass is 32.2. The van der Waals surface area contributed by atoms with E-state index in [0.29, 0.717) is 24.8 Å². The zero-order chi connectivity index (χ0) is 20.2. The van der Waals surface area contributed by atoms with Crippen molar-refractivity contribution in [3.8, 4) is 17.1 Å². The predicted molar refractivity (Wildman–Crippen MR) is 105 cm³/mol. The van der Waals surface area contributed by atoms with Crippen LogP contribution < -0.4 is 4.74 Å². The smallest absolute Gasteiger partial charge is 0.241 e. The number of hydrogen-bond acceptors (Lipinski definition) is 9. The molecule has 0 unspecified atom stereocenters. The first-order valence-corrected chi connectivity index (χ1v) is 9.68. The van der Waals surface area contributed by atoms with Gasteiger partial charge in [-0.3, -0.25) is 4.90 Å². The van der Waals surface area contributed by atoms with E-state index >= 15 is 0 Å². The lowest BCUT2D eigenvalue weighted by molar-refractivity contribution is 0.239. The molecule has 3 heterocycles.